The van der Waals surface area contributed by atoms with Crippen molar-refractivity contribution in [3.05, 3.63) is 35.4 Å². The molecule has 8 heteroatoms. The summed E-state index contributed by atoms with van der Waals surface area (Å²) in [6.45, 7) is 4.95. The summed E-state index contributed by atoms with van der Waals surface area (Å²) in [5.74, 6) is 0.605. The van der Waals surface area contributed by atoms with Gasteiger partial charge in [0.25, 0.3) is 0 Å². The number of likely N-dealkylation sites (N-methyl/N-ethyl adjacent to an activating group) is 1. The van der Waals surface area contributed by atoms with Gasteiger partial charge in [0.2, 0.25) is 0 Å². The second kappa shape index (κ2) is 11.5. The maximum absolute atomic E-state index is 12.3. The van der Waals surface area contributed by atoms with E-state index in [0.717, 1.165) is 5.56 Å². The third kappa shape index (κ3) is 10.7. The average Bonchev–Trinajstić information content (AvgIpc) is 2.44. The summed E-state index contributed by atoms with van der Waals surface area (Å²) in [6, 6.07) is 8.08. The maximum atomic E-state index is 12.3. The first-order valence-electron chi connectivity index (χ1n) is 7.63. The van der Waals surface area contributed by atoms with Crippen LogP contribution >= 0.6 is 24.0 Å². The molecule has 0 heterocycles. The summed E-state index contributed by atoms with van der Waals surface area (Å²) in [5.41, 5.74) is 2.28. The van der Waals surface area contributed by atoms with E-state index < -0.39 is 12.7 Å². The molecule has 0 spiro atoms. The molecular weight excluding hydrogens is 432 g/mol. The van der Waals surface area contributed by atoms with Crippen molar-refractivity contribution in [2.75, 3.05) is 33.2 Å². The Hall–Kier alpha value is -1.03. The van der Waals surface area contributed by atoms with E-state index in [-0.39, 0.29) is 30.5 Å². The molecule has 4 nitrogen and oxygen atoms in total. The van der Waals surface area contributed by atoms with Crippen molar-refractivity contribution in [1.29, 1.82) is 0 Å². The van der Waals surface area contributed by atoms with Crippen LogP contribution in [0, 0.1) is 6.92 Å². The number of halogens is 4. The second-order valence-electron chi connectivity index (χ2n) is 5.46. The van der Waals surface area contributed by atoms with E-state index in [1.165, 1.54) is 17.5 Å². The van der Waals surface area contributed by atoms with Gasteiger partial charge in [0, 0.05) is 19.6 Å². The van der Waals surface area contributed by atoms with Gasteiger partial charge in [-0.3, -0.25) is 4.90 Å². The van der Waals surface area contributed by atoms with Gasteiger partial charge >= 0.3 is 6.18 Å². The molecule has 0 radical (unpaired) electrons. The molecule has 2 N–H and O–H groups in total. The molecule has 24 heavy (non-hydrogen) atoms. The highest BCUT2D eigenvalue weighted by Crippen LogP contribution is 2.14. The highest BCUT2D eigenvalue weighted by molar-refractivity contribution is 14.0. The van der Waals surface area contributed by atoms with Gasteiger partial charge in [0.1, 0.15) is 0 Å². The van der Waals surface area contributed by atoms with Gasteiger partial charge in [-0.15, -0.1) is 24.0 Å². The molecule has 0 aromatic heterocycles. The van der Waals surface area contributed by atoms with E-state index in [4.69, 9.17) is 0 Å². The number of nitrogens with zero attached hydrogens (tertiary/aromatic N) is 2. The minimum Gasteiger partial charge on any atom is -0.357 e. The average molecular weight is 458 g/mol. The second-order valence-corrected chi connectivity index (χ2v) is 5.46. The lowest BCUT2D eigenvalue weighted by molar-refractivity contribution is -0.142. The van der Waals surface area contributed by atoms with Crippen LogP contribution in [0.15, 0.2) is 29.3 Å². The zero-order valence-electron chi connectivity index (χ0n) is 14.3. The number of aliphatic imine (C=N–C) groups is 1. The standard InChI is InChI=1S/C16H25F3N4.HI/c1-4-20-15(21-9-10-23(3)12-16(17,18)19)22-11-14-7-5-13(2)6-8-14;/h5-8H,4,9-12H2,1-3H3,(H2,20,21,22);1H. The predicted octanol–water partition coefficient (Wildman–Crippen LogP) is 3.16. The Morgan fingerprint density at radius 1 is 1.17 bits per heavy atom. The number of nitrogens with one attached hydrogen (secondary N) is 2. The molecule has 0 saturated carbocycles. The van der Waals surface area contributed by atoms with E-state index in [2.05, 4.69) is 15.6 Å². The molecule has 138 valence electrons. The van der Waals surface area contributed by atoms with E-state index >= 15 is 0 Å². The third-order valence-corrected chi connectivity index (χ3v) is 3.12. The van der Waals surface area contributed by atoms with Gasteiger partial charge in [-0.25, -0.2) is 4.99 Å². The van der Waals surface area contributed by atoms with Crippen LogP contribution in [-0.4, -0.2) is 50.3 Å². The monoisotopic (exact) mass is 458 g/mol. The Morgan fingerprint density at radius 2 is 1.79 bits per heavy atom. The summed E-state index contributed by atoms with van der Waals surface area (Å²) < 4.78 is 36.8. The molecule has 0 unspecified atom stereocenters. The van der Waals surface area contributed by atoms with Crippen molar-refractivity contribution in [3.8, 4) is 0 Å². The fraction of sp³-hybridized carbons (Fsp3) is 0.562. The van der Waals surface area contributed by atoms with Crippen LogP contribution in [0.3, 0.4) is 0 Å². The van der Waals surface area contributed by atoms with Gasteiger partial charge in [0.05, 0.1) is 13.1 Å². The van der Waals surface area contributed by atoms with Gasteiger partial charge in [-0.05, 0) is 26.5 Å². The quantitative estimate of drug-likeness (QED) is 0.375. The molecule has 0 aliphatic rings. The molecule has 0 atom stereocenters. The molecule has 1 aromatic carbocycles. The molecule has 0 fully saturated rings. The Labute approximate surface area is 158 Å². The van der Waals surface area contributed by atoms with Crippen LogP contribution in [-0.2, 0) is 6.54 Å². The predicted molar refractivity (Wildman–Crippen MR) is 103 cm³/mol. The topological polar surface area (TPSA) is 39.7 Å². The van der Waals surface area contributed by atoms with Crippen LogP contribution in [0.2, 0.25) is 0 Å². The highest BCUT2D eigenvalue weighted by Gasteiger charge is 2.28. The Balaban J connectivity index is 0.00000529. The summed E-state index contributed by atoms with van der Waals surface area (Å²) >= 11 is 0. The molecule has 0 saturated heterocycles. The van der Waals surface area contributed by atoms with Gasteiger partial charge in [-0.1, -0.05) is 29.8 Å². The highest BCUT2D eigenvalue weighted by atomic mass is 127. The van der Waals surface area contributed by atoms with E-state index in [9.17, 15) is 13.2 Å². The molecule has 1 rings (SSSR count). The van der Waals surface area contributed by atoms with Gasteiger partial charge in [0.15, 0.2) is 5.96 Å². The normalized spacial score (nSPS) is 12.0. The first-order chi connectivity index (χ1) is 10.8. The van der Waals surface area contributed by atoms with E-state index in [1.807, 2.05) is 38.1 Å². The zero-order chi connectivity index (χ0) is 17.3. The van der Waals surface area contributed by atoms with Crippen molar-refractivity contribution < 1.29 is 13.2 Å². The number of alkyl halides is 3. The molecule has 0 bridgehead atoms. The van der Waals surface area contributed by atoms with Crippen molar-refractivity contribution in [2.45, 2.75) is 26.6 Å². The summed E-state index contributed by atoms with van der Waals surface area (Å²) in [6.07, 6.45) is -4.17. The molecular formula is C16H26F3IN4. The lowest BCUT2D eigenvalue weighted by Gasteiger charge is -2.19. The van der Waals surface area contributed by atoms with E-state index in [0.29, 0.717) is 25.6 Å². The maximum Gasteiger partial charge on any atom is 0.401 e. The minimum atomic E-state index is -4.17. The van der Waals surface area contributed by atoms with Gasteiger partial charge < -0.3 is 10.6 Å². The smallest absolute Gasteiger partial charge is 0.357 e. The van der Waals surface area contributed by atoms with Crippen LogP contribution < -0.4 is 10.6 Å². The lowest BCUT2D eigenvalue weighted by atomic mass is 10.1. The molecule has 0 amide bonds. The molecule has 0 aliphatic heterocycles. The number of guanidine groups is 1. The number of benzene rings is 1. The Kier molecular flexibility index (Phi) is 11.0. The Morgan fingerprint density at radius 3 is 2.33 bits per heavy atom. The van der Waals surface area contributed by atoms with Gasteiger partial charge in [-0.2, -0.15) is 13.2 Å². The first kappa shape index (κ1) is 23.0. The largest absolute Gasteiger partial charge is 0.401 e. The van der Waals surface area contributed by atoms with E-state index in [1.54, 1.807) is 0 Å². The number of aryl methyl sites for hydroxylation is 1. The number of hydrogen-bond donors (Lipinski definition) is 2. The fourth-order valence-electron chi connectivity index (χ4n) is 1.96. The van der Waals surface area contributed by atoms with Crippen molar-refractivity contribution in [2.24, 2.45) is 4.99 Å². The fourth-order valence-corrected chi connectivity index (χ4v) is 1.96. The summed E-state index contributed by atoms with van der Waals surface area (Å²) in [4.78, 5) is 5.67. The number of hydrogen-bond acceptors (Lipinski definition) is 2. The van der Waals surface area contributed by atoms with Crippen molar-refractivity contribution in [3.63, 3.8) is 0 Å². The minimum absolute atomic E-state index is 0. The zero-order valence-corrected chi connectivity index (χ0v) is 16.6. The van der Waals surface area contributed by atoms with Crippen molar-refractivity contribution >= 4 is 29.9 Å². The summed E-state index contributed by atoms with van der Waals surface area (Å²) in [7, 11) is 1.45. The van der Waals surface area contributed by atoms with Crippen LogP contribution in [0.1, 0.15) is 18.1 Å². The molecule has 1 aromatic rings. The van der Waals surface area contributed by atoms with Crippen molar-refractivity contribution in [1.82, 2.24) is 15.5 Å². The SMILES string of the molecule is CCNC(=NCc1ccc(C)cc1)NCCN(C)CC(F)(F)F.I. The number of rotatable bonds is 7. The Bertz CT molecular complexity index is 489. The third-order valence-electron chi connectivity index (χ3n) is 3.12. The summed E-state index contributed by atoms with van der Waals surface area (Å²) in [5, 5.41) is 6.13. The molecule has 0 aliphatic carbocycles. The van der Waals surface area contributed by atoms with Crippen LogP contribution in [0.25, 0.3) is 0 Å². The van der Waals surface area contributed by atoms with Crippen LogP contribution in [0.5, 0.6) is 0 Å². The van der Waals surface area contributed by atoms with Crippen LogP contribution in [0.4, 0.5) is 13.2 Å². The lowest BCUT2D eigenvalue weighted by Crippen LogP contribution is -2.42. The first-order valence-corrected chi connectivity index (χ1v) is 7.63.